The van der Waals surface area contributed by atoms with Gasteiger partial charge in [-0.25, -0.2) is 9.10 Å². The number of hydrogen-bond donors (Lipinski definition) is 0. The van der Waals surface area contributed by atoms with Crippen molar-refractivity contribution in [3.8, 4) is 0 Å². The fourth-order valence-corrected chi connectivity index (χ4v) is 3.09. The topological polar surface area (TPSA) is 76.0 Å². The van der Waals surface area contributed by atoms with Crippen molar-refractivity contribution in [3.05, 3.63) is 42.1 Å². The molecular formula is C13H14N2O4S. The zero-order valence-corrected chi connectivity index (χ0v) is 11.9. The van der Waals surface area contributed by atoms with Crippen LogP contribution in [0.1, 0.15) is 13.8 Å². The van der Waals surface area contributed by atoms with E-state index in [1.54, 1.807) is 44.2 Å². The molecule has 1 aromatic rings. The summed E-state index contributed by atoms with van der Waals surface area (Å²) < 4.78 is 33.8. The molecule has 0 unspecified atom stereocenters. The highest BCUT2D eigenvalue weighted by molar-refractivity contribution is 7.92. The van der Waals surface area contributed by atoms with E-state index < -0.39 is 16.2 Å². The van der Waals surface area contributed by atoms with Gasteiger partial charge in [-0.3, -0.25) is 0 Å². The molecule has 0 saturated carbocycles. The monoisotopic (exact) mass is 294 g/mol. The number of rotatable bonds is 3. The van der Waals surface area contributed by atoms with Gasteiger partial charge in [0.15, 0.2) is 5.71 Å². The quantitative estimate of drug-likeness (QED) is 0.794. The molecule has 0 N–H and O–H groups in total. The summed E-state index contributed by atoms with van der Waals surface area (Å²) in [6.07, 6.45) is 1.39. The normalized spacial score (nSPS) is 17.2. The summed E-state index contributed by atoms with van der Waals surface area (Å²) in [5.41, 5.74) is 0.638. The molecule has 20 heavy (non-hydrogen) atoms. The molecule has 0 saturated heterocycles. The van der Waals surface area contributed by atoms with Crippen LogP contribution in [0.15, 0.2) is 46.5 Å². The molecule has 2 rings (SSSR count). The van der Waals surface area contributed by atoms with Gasteiger partial charge in [-0.1, -0.05) is 18.2 Å². The zero-order chi connectivity index (χ0) is 14.8. The highest BCUT2D eigenvalue weighted by Gasteiger charge is 2.30. The highest BCUT2D eigenvalue weighted by atomic mass is 32.2. The second kappa shape index (κ2) is 5.46. The molecule has 1 heterocycles. The van der Waals surface area contributed by atoms with Crippen LogP contribution in [-0.4, -0.2) is 26.7 Å². The van der Waals surface area contributed by atoms with E-state index in [0.717, 1.165) is 4.31 Å². The van der Waals surface area contributed by atoms with Gasteiger partial charge in [0.1, 0.15) is 0 Å². The Morgan fingerprint density at radius 3 is 2.50 bits per heavy atom. The molecule has 106 valence electrons. The molecule has 7 heteroatoms. The molecule has 0 amide bonds. The van der Waals surface area contributed by atoms with Crippen LogP contribution in [0.25, 0.3) is 0 Å². The lowest BCUT2D eigenvalue weighted by atomic mass is 10.2. The van der Waals surface area contributed by atoms with Gasteiger partial charge in [-0.05, 0) is 32.1 Å². The first kappa shape index (κ1) is 14.3. The minimum atomic E-state index is -3.99. The van der Waals surface area contributed by atoms with Crippen LogP contribution in [0.3, 0.4) is 0 Å². The number of benzene rings is 1. The Morgan fingerprint density at radius 1 is 1.30 bits per heavy atom. The molecule has 0 aromatic heterocycles. The first-order valence-corrected chi connectivity index (χ1v) is 7.41. The molecule has 1 aromatic carbocycles. The average Bonchev–Trinajstić information content (AvgIpc) is 2.38. The molecule has 0 aliphatic carbocycles. The third kappa shape index (κ3) is 2.72. The fourth-order valence-electron chi connectivity index (χ4n) is 1.83. The Balaban J connectivity index is 2.43. The largest absolute Gasteiger partial charge is 0.461 e. The number of anilines is 1. The maximum atomic E-state index is 12.2. The van der Waals surface area contributed by atoms with Crippen LogP contribution in [0.5, 0.6) is 0 Å². The SMILES string of the molecule is CCOC(=O)C1=NS(=O)(=O)N(c2ccccc2)C(C)=C1. The predicted molar refractivity (Wildman–Crippen MR) is 75.7 cm³/mol. The van der Waals surface area contributed by atoms with E-state index in [1.807, 2.05) is 0 Å². The average molecular weight is 294 g/mol. The van der Waals surface area contributed by atoms with Gasteiger partial charge in [0.05, 0.1) is 12.3 Å². The molecule has 1 aliphatic rings. The summed E-state index contributed by atoms with van der Waals surface area (Å²) in [7, 11) is -3.99. The molecule has 1 aliphatic heterocycles. The summed E-state index contributed by atoms with van der Waals surface area (Å²) in [5.74, 6) is -0.747. The van der Waals surface area contributed by atoms with Crippen molar-refractivity contribution < 1.29 is 17.9 Å². The lowest BCUT2D eigenvalue weighted by Gasteiger charge is -2.25. The molecule has 0 atom stereocenters. The van der Waals surface area contributed by atoms with Crippen molar-refractivity contribution >= 4 is 27.6 Å². The molecule has 0 bridgehead atoms. The molecule has 0 radical (unpaired) electrons. The zero-order valence-electron chi connectivity index (χ0n) is 11.1. The second-order valence-electron chi connectivity index (χ2n) is 4.06. The van der Waals surface area contributed by atoms with Crippen LogP contribution in [0, 0.1) is 0 Å². The number of hydrogen-bond acceptors (Lipinski definition) is 4. The number of esters is 1. The van der Waals surface area contributed by atoms with Crippen LogP contribution in [0.2, 0.25) is 0 Å². The molecule has 6 nitrogen and oxygen atoms in total. The lowest BCUT2D eigenvalue weighted by molar-refractivity contribution is -0.134. The Labute approximate surface area is 117 Å². The summed E-state index contributed by atoms with van der Waals surface area (Å²) in [4.78, 5) is 11.6. The van der Waals surface area contributed by atoms with Crippen molar-refractivity contribution in [1.82, 2.24) is 0 Å². The van der Waals surface area contributed by atoms with Crippen molar-refractivity contribution in [3.63, 3.8) is 0 Å². The standard InChI is InChI=1S/C13H14N2O4S/c1-3-19-13(16)12-9-10(2)15(20(17,18)14-12)11-7-5-4-6-8-11/h4-9H,3H2,1-2H3. The Bertz CT molecular complexity index is 678. The number of carbonyl (C=O) groups is 1. The summed E-state index contributed by atoms with van der Waals surface area (Å²) >= 11 is 0. The van der Waals surface area contributed by atoms with Gasteiger partial charge < -0.3 is 4.74 Å². The van der Waals surface area contributed by atoms with E-state index in [-0.39, 0.29) is 12.3 Å². The summed E-state index contributed by atoms with van der Waals surface area (Å²) in [5, 5.41) is 0. The van der Waals surface area contributed by atoms with E-state index in [1.165, 1.54) is 6.08 Å². The molecule has 0 fully saturated rings. The minimum absolute atomic E-state index is 0.160. The van der Waals surface area contributed by atoms with E-state index in [9.17, 15) is 13.2 Å². The number of ether oxygens (including phenoxy) is 1. The van der Waals surface area contributed by atoms with Gasteiger partial charge in [0.25, 0.3) is 0 Å². The third-order valence-electron chi connectivity index (χ3n) is 2.59. The molecule has 0 spiro atoms. The maximum Gasteiger partial charge on any atom is 0.357 e. The summed E-state index contributed by atoms with van der Waals surface area (Å²) in [6.45, 7) is 3.40. The third-order valence-corrected chi connectivity index (χ3v) is 3.97. The number of para-hydroxylation sites is 1. The van der Waals surface area contributed by atoms with Crippen molar-refractivity contribution in [2.45, 2.75) is 13.8 Å². The van der Waals surface area contributed by atoms with Crippen molar-refractivity contribution in [2.75, 3.05) is 10.9 Å². The Morgan fingerprint density at radius 2 is 1.95 bits per heavy atom. The lowest BCUT2D eigenvalue weighted by Crippen LogP contribution is -2.34. The highest BCUT2D eigenvalue weighted by Crippen LogP contribution is 2.26. The van der Waals surface area contributed by atoms with Crippen LogP contribution in [-0.2, 0) is 19.7 Å². The van der Waals surface area contributed by atoms with Gasteiger partial charge in [0, 0.05) is 5.70 Å². The van der Waals surface area contributed by atoms with Gasteiger partial charge in [-0.2, -0.15) is 8.42 Å². The first-order valence-electron chi connectivity index (χ1n) is 6.01. The number of nitrogens with zero attached hydrogens (tertiary/aromatic N) is 2. The Hall–Kier alpha value is -2.15. The fraction of sp³-hybridized carbons (Fsp3) is 0.231. The van der Waals surface area contributed by atoms with E-state index in [2.05, 4.69) is 4.40 Å². The van der Waals surface area contributed by atoms with Gasteiger partial charge in [0.2, 0.25) is 0 Å². The second-order valence-corrected chi connectivity index (χ2v) is 5.50. The van der Waals surface area contributed by atoms with Crippen LogP contribution in [0.4, 0.5) is 5.69 Å². The van der Waals surface area contributed by atoms with E-state index in [0.29, 0.717) is 11.4 Å². The van der Waals surface area contributed by atoms with Crippen molar-refractivity contribution in [2.24, 2.45) is 4.40 Å². The molecular weight excluding hydrogens is 280 g/mol. The van der Waals surface area contributed by atoms with Gasteiger partial charge in [-0.15, -0.1) is 4.40 Å². The number of allylic oxidation sites excluding steroid dienone is 1. The van der Waals surface area contributed by atoms with Crippen LogP contribution < -0.4 is 4.31 Å². The first-order chi connectivity index (χ1) is 9.45. The Kier molecular flexibility index (Phi) is 3.89. The van der Waals surface area contributed by atoms with E-state index in [4.69, 9.17) is 4.74 Å². The predicted octanol–water partition coefficient (Wildman–Crippen LogP) is 1.66. The van der Waals surface area contributed by atoms with Gasteiger partial charge >= 0.3 is 16.2 Å². The number of carbonyl (C=O) groups excluding carboxylic acids is 1. The maximum absolute atomic E-state index is 12.2. The van der Waals surface area contributed by atoms with Crippen LogP contribution >= 0.6 is 0 Å². The summed E-state index contributed by atoms with van der Waals surface area (Å²) in [6, 6.07) is 8.54. The van der Waals surface area contributed by atoms with Crippen molar-refractivity contribution in [1.29, 1.82) is 0 Å². The van der Waals surface area contributed by atoms with E-state index >= 15 is 0 Å². The smallest absolute Gasteiger partial charge is 0.357 e. The minimum Gasteiger partial charge on any atom is -0.461 e.